The number of H-pyrrole nitrogens is 1. The summed E-state index contributed by atoms with van der Waals surface area (Å²) >= 11 is 1.09. The van der Waals surface area contributed by atoms with Crippen molar-refractivity contribution >= 4 is 27.5 Å². The number of nitrogens with zero attached hydrogens (tertiary/aromatic N) is 1. The zero-order chi connectivity index (χ0) is 14.8. The molecule has 0 bridgehead atoms. The molecule has 2 aromatic rings. The maximum atomic E-state index is 11.7. The minimum Gasteiger partial charge on any atom is -0.398 e. The Hall–Kier alpha value is -1.84. The van der Waals surface area contributed by atoms with Crippen LogP contribution < -0.4 is 16.0 Å². The Labute approximate surface area is 119 Å². The highest BCUT2D eigenvalue weighted by Gasteiger charge is 2.14. The molecule has 0 radical (unpaired) electrons. The molecule has 0 saturated heterocycles. The SMILES string of the molecule is CNS(=O)(=O)c1ccc(N)c(Sc2nccc(=O)[nH]2)c1. The Bertz CT molecular complexity index is 786. The molecule has 1 aromatic heterocycles. The van der Waals surface area contributed by atoms with Crippen molar-refractivity contribution in [2.75, 3.05) is 12.8 Å². The standard InChI is InChI=1S/C11H12N4O3S2/c1-13-20(17,18)7-2-3-8(12)9(6-7)19-11-14-5-4-10(16)15-11/h2-6,13H,12H2,1H3,(H,14,15,16). The molecule has 0 aliphatic carbocycles. The minimum absolute atomic E-state index is 0.0926. The van der Waals surface area contributed by atoms with Gasteiger partial charge in [-0.25, -0.2) is 18.1 Å². The third-order valence-electron chi connectivity index (χ3n) is 2.42. The van der Waals surface area contributed by atoms with E-state index in [0.29, 0.717) is 15.7 Å². The number of sulfonamides is 1. The van der Waals surface area contributed by atoms with Gasteiger partial charge in [0.25, 0.3) is 5.56 Å². The minimum atomic E-state index is -3.55. The van der Waals surface area contributed by atoms with Crippen LogP contribution in [-0.2, 0) is 10.0 Å². The zero-order valence-corrected chi connectivity index (χ0v) is 12.1. The van der Waals surface area contributed by atoms with Crippen molar-refractivity contribution in [2.45, 2.75) is 14.9 Å². The van der Waals surface area contributed by atoms with Crippen LogP contribution in [0.3, 0.4) is 0 Å². The fourth-order valence-electron chi connectivity index (χ4n) is 1.40. The van der Waals surface area contributed by atoms with Crippen LogP contribution in [0, 0.1) is 0 Å². The van der Waals surface area contributed by atoms with Crippen LogP contribution in [0.25, 0.3) is 0 Å². The highest BCUT2D eigenvalue weighted by molar-refractivity contribution is 7.99. The van der Waals surface area contributed by atoms with Crippen molar-refractivity contribution in [3.05, 3.63) is 40.8 Å². The lowest BCUT2D eigenvalue weighted by atomic mass is 10.3. The molecule has 0 saturated carbocycles. The van der Waals surface area contributed by atoms with E-state index in [2.05, 4.69) is 14.7 Å². The van der Waals surface area contributed by atoms with Crippen LogP contribution in [0.4, 0.5) is 5.69 Å². The Kier molecular flexibility index (Phi) is 4.12. The summed E-state index contributed by atoms with van der Waals surface area (Å²) in [6, 6.07) is 5.62. The van der Waals surface area contributed by atoms with Crippen molar-refractivity contribution in [3.8, 4) is 0 Å². The van der Waals surface area contributed by atoms with Crippen molar-refractivity contribution in [1.82, 2.24) is 14.7 Å². The van der Waals surface area contributed by atoms with E-state index in [1.165, 1.54) is 37.5 Å². The number of nitrogens with one attached hydrogen (secondary N) is 2. The Morgan fingerprint density at radius 2 is 2.10 bits per heavy atom. The molecule has 0 atom stereocenters. The average Bonchev–Trinajstić information content (AvgIpc) is 2.41. The molecule has 1 aromatic carbocycles. The molecule has 20 heavy (non-hydrogen) atoms. The van der Waals surface area contributed by atoms with Crippen molar-refractivity contribution in [2.24, 2.45) is 0 Å². The number of benzene rings is 1. The second-order valence-corrected chi connectivity index (χ2v) is 6.67. The van der Waals surface area contributed by atoms with E-state index in [1.54, 1.807) is 0 Å². The van der Waals surface area contributed by atoms with Crippen LogP contribution in [-0.4, -0.2) is 25.4 Å². The first-order chi connectivity index (χ1) is 9.42. The summed E-state index contributed by atoms with van der Waals surface area (Å²) in [7, 11) is -2.22. The van der Waals surface area contributed by atoms with E-state index in [4.69, 9.17) is 5.73 Å². The third kappa shape index (κ3) is 3.18. The summed E-state index contributed by atoms with van der Waals surface area (Å²) in [5, 5.41) is 0.336. The van der Waals surface area contributed by atoms with Crippen molar-refractivity contribution in [3.63, 3.8) is 0 Å². The van der Waals surface area contributed by atoms with Crippen LogP contribution in [0.15, 0.2) is 50.2 Å². The number of hydrogen-bond donors (Lipinski definition) is 3. The number of rotatable bonds is 4. The number of anilines is 1. The maximum Gasteiger partial charge on any atom is 0.251 e. The first-order valence-electron chi connectivity index (χ1n) is 5.48. The predicted octanol–water partition coefficient (Wildman–Crippen LogP) is 0.411. The molecule has 0 spiro atoms. The topological polar surface area (TPSA) is 118 Å². The molecule has 0 fully saturated rings. The lowest BCUT2D eigenvalue weighted by molar-refractivity contribution is 0.588. The fourth-order valence-corrected chi connectivity index (χ4v) is 3.07. The molecule has 1 heterocycles. The van der Waals surface area contributed by atoms with E-state index in [-0.39, 0.29) is 10.5 Å². The van der Waals surface area contributed by atoms with Gasteiger partial charge in [-0.05, 0) is 37.0 Å². The van der Waals surface area contributed by atoms with Crippen molar-refractivity contribution < 1.29 is 8.42 Å². The van der Waals surface area contributed by atoms with Gasteiger partial charge in [0.2, 0.25) is 10.0 Å². The van der Waals surface area contributed by atoms with Crippen LogP contribution in [0.1, 0.15) is 0 Å². The number of hydrogen-bond acceptors (Lipinski definition) is 6. The van der Waals surface area contributed by atoms with Gasteiger partial charge in [-0.2, -0.15) is 0 Å². The second kappa shape index (κ2) is 5.65. The van der Waals surface area contributed by atoms with E-state index >= 15 is 0 Å². The summed E-state index contributed by atoms with van der Waals surface area (Å²) < 4.78 is 25.7. The third-order valence-corrected chi connectivity index (χ3v) is 4.80. The van der Waals surface area contributed by atoms with Crippen LogP contribution >= 0.6 is 11.8 Å². The number of nitrogens with two attached hydrogens (primary N) is 1. The van der Waals surface area contributed by atoms with Gasteiger partial charge in [-0.3, -0.25) is 4.79 Å². The first-order valence-corrected chi connectivity index (χ1v) is 7.78. The summed E-state index contributed by atoms with van der Waals surface area (Å²) in [5.74, 6) is 0. The van der Waals surface area contributed by atoms with Gasteiger partial charge in [0.1, 0.15) is 0 Å². The molecule has 0 aliphatic rings. The summed E-state index contributed by atoms with van der Waals surface area (Å²) in [5.41, 5.74) is 5.91. The Balaban J connectivity index is 2.42. The Morgan fingerprint density at radius 1 is 1.35 bits per heavy atom. The molecule has 106 valence electrons. The quantitative estimate of drug-likeness (QED) is 0.556. The fraction of sp³-hybridized carbons (Fsp3) is 0.0909. The van der Waals surface area contributed by atoms with Gasteiger partial charge in [0, 0.05) is 22.8 Å². The van der Waals surface area contributed by atoms with E-state index in [1.807, 2.05) is 0 Å². The maximum absolute atomic E-state index is 11.7. The van der Waals surface area contributed by atoms with Crippen LogP contribution in [0.2, 0.25) is 0 Å². The average molecular weight is 312 g/mol. The lowest BCUT2D eigenvalue weighted by Crippen LogP contribution is -2.18. The van der Waals surface area contributed by atoms with E-state index in [0.717, 1.165) is 11.8 Å². The molecular weight excluding hydrogens is 300 g/mol. The van der Waals surface area contributed by atoms with Gasteiger partial charge in [0.05, 0.1) is 4.90 Å². The highest BCUT2D eigenvalue weighted by atomic mass is 32.2. The normalized spacial score (nSPS) is 11.4. The first kappa shape index (κ1) is 14.6. The number of aromatic amines is 1. The zero-order valence-electron chi connectivity index (χ0n) is 10.5. The summed E-state index contributed by atoms with van der Waals surface area (Å²) in [6.07, 6.45) is 1.37. The van der Waals surface area contributed by atoms with Gasteiger partial charge in [-0.15, -0.1) is 0 Å². The highest BCUT2D eigenvalue weighted by Crippen LogP contribution is 2.31. The van der Waals surface area contributed by atoms with Crippen LogP contribution in [0.5, 0.6) is 0 Å². The lowest BCUT2D eigenvalue weighted by Gasteiger charge is -2.08. The monoisotopic (exact) mass is 312 g/mol. The molecule has 9 heteroatoms. The van der Waals surface area contributed by atoms with Gasteiger partial charge < -0.3 is 10.7 Å². The van der Waals surface area contributed by atoms with Crippen molar-refractivity contribution in [1.29, 1.82) is 0 Å². The number of nitrogen functional groups attached to an aromatic ring is 1. The summed E-state index contributed by atoms with van der Waals surface area (Å²) in [6.45, 7) is 0. The summed E-state index contributed by atoms with van der Waals surface area (Å²) in [4.78, 5) is 18.3. The Morgan fingerprint density at radius 3 is 2.75 bits per heavy atom. The predicted molar refractivity (Wildman–Crippen MR) is 76.1 cm³/mol. The number of aromatic nitrogens is 2. The van der Waals surface area contributed by atoms with E-state index in [9.17, 15) is 13.2 Å². The molecule has 0 unspecified atom stereocenters. The second-order valence-electron chi connectivity index (χ2n) is 3.75. The smallest absolute Gasteiger partial charge is 0.251 e. The molecule has 7 nitrogen and oxygen atoms in total. The molecule has 0 aliphatic heterocycles. The molecular formula is C11H12N4O3S2. The van der Waals surface area contributed by atoms with Gasteiger partial charge in [0.15, 0.2) is 5.16 Å². The largest absolute Gasteiger partial charge is 0.398 e. The van der Waals surface area contributed by atoms with Gasteiger partial charge in [-0.1, -0.05) is 0 Å². The molecule has 0 amide bonds. The molecule has 4 N–H and O–H groups in total. The van der Waals surface area contributed by atoms with Gasteiger partial charge >= 0.3 is 0 Å². The molecule has 2 rings (SSSR count). The van der Waals surface area contributed by atoms with E-state index < -0.39 is 10.0 Å².